The lowest BCUT2D eigenvalue weighted by Gasteiger charge is -2.11. The predicted molar refractivity (Wildman–Crippen MR) is 94.0 cm³/mol. The SMILES string of the molecule is CCNc1cc(C(C)C)nc(CSc2ccc(Br)cc2)n1. The fraction of sp³-hybridized carbons (Fsp3) is 0.375. The molecule has 0 fully saturated rings. The van der Waals surface area contributed by atoms with Crippen LogP contribution < -0.4 is 5.32 Å². The van der Waals surface area contributed by atoms with Crippen LogP contribution in [-0.4, -0.2) is 16.5 Å². The van der Waals surface area contributed by atoms with Crippen LogP contribution in [0.2, 0.25) is 0 Å². The number of nitrogens with one attached hydrogen (secondary N) is 1. The zero-order valence-corrected chi connectivity index (χ0v) is 15.0. The average molecular weight is 366 g/mol. The van der Waals surface area contributed by atoms with Gasteiger partial charge in [0.1, 0.15) is 11.6 Å². The van der Waals surface area contributed by atoms with Gasteiger partial charge in [0.15, 0.2) is 0 Å². The van der Waals surface area contributed by atoms with Crippen LogP contribution in [0.3, 0.4) is 0 Å². The van der Waals surface area contributed by atoms with Crippen LogP contribution in [0.5, 0.6) is 0 Å². The monoisotopic (exact) mass is 365 g/mol. The second-order valence-electron chi connectivity index (χ2n) is 5.02. The maximum atomic E-state index is 4.67. The summed E-state index contributed by atoms with van der Waals surface area (Å²) in [6, 6.07) is 10.4. The number of hydrogen-bond acceptors (Lipinski definition) is 4. The Morgan fingerprint density at radius 3 is 2.52 bits per heavy atom. The summed E-state index contributed by atoms with van der Waals surface area (Å²) in [5.41, 5.74) is 1.09. The van der Waals surface area contributed by atoms with E-state index in [1.165, 1.54) is 4.90 Å². The van der Waals surface area contributed by atoms with Crippen molar-refractivity contribution in [2.24, 2.45) is 0 Å². The van der Waals surface area contributed by atoms with E-state index in [0.717, 1.165) is 34.1 Å². The second kappa shape index (κ2) is 7.80. The molecule has 1 N–H and O–H groups in total. The maximum absolute atomic E-state index is 4.67. The summed E-state index contributed by atoms with van der Waals surface area (Å²) in [7, 11) is 0. The Labute approximate surface area is 139 Å². The topological polar surface area (TPSA) is 37.8 Å². The van der Waals surface area contributed by atoms with Gasteiger partial charge in [-0.1, -0.05) is 29.8 Å². The molecule has 0 radical (unpaired) electrons. The molecule has 0 amide bonds. The van der Waals surface area contributed by atoms with E-state index in [4.69, 9.17) is 0 Å². The normalized spacial score (nSPS) is 10.9. The second-order valence-corrected chi connectivity index (χ2v) is 6.99. The highest BCUT2D eigenvalue weighted by Gasteiger charge is 2.08. The summed E-state index contributed by atoms with van der Waals surface area (Å²) in [6.45, 7) is 7.26. The summed E-state index contributed by atoms with van der Waals surface area (Å²) >= 11 is 5.21. The zero-order valence-electron chi connectivity index (χ0n) is 12.6. The van der Waals surface area contributed by atoms with E-state index in [0.29, 0.717) is 5.92 Å². The molecule has 0 unspecified atom stereocenters. The molecule has 21 heavy (non-hydrogen) atoms. The minimum absolute atomic E-state index is 0.404. The van der Waals surface area contributed by atoms with Crippen molar-refractivity contribution in [3.63, 3.8) is 0 Å². The van der Waals surface area contributed by atoms with E-state index in [9.17, 15) is 0 Å². The highest BCUT2D eigenvalue weighted by Crippen LogP contribution is 2.24. The Balaban J connectivity index is 2.12. The molecule has 1 aromatic heterocycles. The van der Waals surface area contributed by atoms with Crippen LogP contribution >= 0.6 is 27.7 Å². The number of aromatic nitrogens is 2. The van der Waals surface area contributed by atoms with Gasteiger partial charge in [-0.3, -0.25) is 0 Å². The van der Waals surface area contributed by atoms with Crippen molar-refractivity contribution >= 4 is 33.5 Å². The largest absolute Gasteiger partial charge is 0.370 e. The molecule has 0 spiro atoms. The van der Waals surface area contributed by atoms with Gasteiger partial charge in [0.25, 0.3) is 0 Å². The minimum Gasteiger partial charge on any atom is -0.370 e. The third-order valence-electron chi connectivity index (χ3n) is 2.92. The van der Waals surface area contributed by atoms with Crippen molar-refractivity contribution < 1.29 is 0 Å². The summed E-state index contributed by atoms with van der Waals surface area (Å²) in [5, 5.41) is 3.28. The van der Waals surface area contributed by atoms with Crippen LogP contribution in [0.15, 0.2) is 39.7 Å². The zero-order chi connectivity index (χ0) is 15.2. The van der Waals surface area contributed by atoms with Crippen LogP contribution in [0.1, 0.15) is 38.2 Å². The van der Waals surface area contributed by atoms with Gasteiger partial charge in [-0.25, -0.2) is 9.97 Å². The molecule has 0 aliphatic carbocycles. The number of rotatable bonds is 6. The maximum Gasteiger partial charge on any atom is 0.141 e. The molecule has 2 aromatic rings. The van der Waals surface area contributed by atoms with Crippen molar-refractivity contribution in [2.45, 2.75) is 37.3 Å². The highest BCUT2D eigenvalue weighted by atomic mass is 79.9. The van der Waals surface area contributed by atoms with Crippen molar-refractivity contribution in [2.75, 3.05) is 11.9 Å². The predicted octanol–water partition coefficient (Wildman–Crippen LogP) is 5.09. The van der Waals surface area contributed by atoms with Gasteiger partial charge in [-0.15, -0.1) is 11.8 Å². The fourth-order valence-corrected chi connectivity index (χ4v) is 2.85. The summed E-state index contributed by atoms with van der Waals surface area (Å²) in [4.78, 5) is 10.5. The molecule has 0 saturated heterocycles. The van der Waals surface area contributed by atoms with E-state index in [2.05, 4.69) is 76.3 Å². The van der Waals surface area contributed by atoms with Gasteiger partial charge >= 0.3 is 0 Å². The van der Waals surface area contributed by atoms with Crippen molar-refractivity contribution in [1.29, 1.82) is 0 Å². The van der Waals surface area contributed by atoms with Crippen molar-refractivity contribution in [3.05, 3.63) is 46.3 Å². The molecule has 0 saturated carbocycles. The van der Waals surface area contributed by atoms with Gasteiger partial charge < -0.3 is 5.32 Å². The summed E-state index contributed by atoms with van der Waals surface area (Å²) < 4.78 is 1.10. The fourth-order valence-electron chi connectivity index (χ4n) is 1.83. The Kier molecular flexibility index (Phi) is 6.06. The lowest BCUT2D eigenvalue weighted by Crippen LogP contribution is -2.06. The molecule has 0 bridgehead atoms. The molecular formula is C16H20BrN3S. The first-order valence-electron chi connectivity index (χ1n) is 7.08. The first-order valence-corrected chi connectivity index (χ1v) is 8.86. The number of hydrogen-bond donors (Lipinski definition) is 1. The lowest BCUT2D eigenvalue weighted by atomic mass is 10.1. The highest BCUT2D eigenvalue weighted by molar-refractivity contribution is 9.10. The van der Waals surface area contributed by atoms with E-state index >= 15 is 0 Å². The minimum atomic E-state index is 0.404. The number of halogens is 1. The standard InChI is InChI=1S/C16H20BrN3S/c1-4-18-15-9-14(11(2)3)19-16(20-15)10-21-13-7-5-12(17)6-8-13/h5-9,11H,4,10H2,1-3H3,(H,18,19,20). The number of benzene rings is 1. The summed E-state index contributed by atoms with van der Waals surface area (Å²) in [5.74, 6) is 2.98. The molecular weight excluding hydrogens is 346 g/mol. The Bertz CT molecular complexity index is 585. The van der Waals surface area contributed by atoms with Gasteiger partial charge in [0.05, 0.1) is 5.75 Å². The Hall–Kier alpha value is -1.07. The molecule has 5 heteroatoms. The van der Waals surface area contributed by atoms with Crippen LogP contribution in [0, 0.1) is 0 Å². The van der Waals surface area contributed by atoms with Gasteiger partial charge in [0.2, 0.25) is 0 Å². The lowest BCUT2D eigenvalue weighted by molar-refractivity contribution is 0.799. The van der Waals surface area contributed by atoms with Crippen molar-refractivity contribution in [1.82, 2.24) is 9.97 Å². The van der Waals surface area contributed by atoms with E-state index in [-0.39, 0.29) is 0 Å². The first-order chi connectivity index (χ1) is 10.1. The third kappa shape index (κ3) is 5.00. The molecule has 0 atom stereocenters. The molecule has 0 aliphatic rings. The van der Waals surface area contributed by atoms with E-state index < -0.39 is 0 Å². The number of thioether (sulfide) groups is 1. The van der Waals surface area contributed by atoms with Gasteiger partial charge in [0, 0.05) is 27.7 Å². The molecule has 0 aliphatic heterocycles. The molecule has 1 aromatic carbocycles. The smallest absolute Gasteiger partial charge is 0.141 e. The van der Waals surface area contributed by atoms with Crippen LogP contribution in [0.4, 0.5) is 5.82 Å². The first kappa shape index (κ1) is 16.3. The van der Waals surface area contributed by atoms with E-state index in [1.54, 1.807) is 11.8 Å². The van der Waals surface area contributed by atoms with Crippen LogP contribution in [0.25, 0.3) is 0 Å². The molecule has 112 valence electrons. The van der Waals surface area contributed by atoms with Gasteiger partial charge in [-0.2, -0.15) is 0 Å². The van der Waals surface area contributed by atoms with E-state index in [1.807, 2.05) is 6.07 Å². The third-order valence-corrected chi connectivity index (χ3v) is 4.46. The Morgan fingerprint density at radius 2 is 1.90 bits per heavy atom. The molecule has 1 heterocycles. The van der Waals surface area contributed by atoms with Crippen LogP contribution in [-0.2, 0) is 5.75 Å². The number of anilines is 1. The van der Waals surface area contributed by atoms with Crippen molar-refractivity contribution in [3.8, 4) is 0 Å². The average Bonchev–Trinajstić information content (AvgIpc) is 2.47. The van der Waals surface area contributed by atoms with Gasteiger partial charge in [-0.05, 0) is 37.1 Å². The molecule has 2 rings (SSSR count). The summed E-state index contributed by atoms with van der Waals surface area (Å²) in [6.07, 6.45) is 0. The Morgan fingerprint density at radius 1 is 1.19 bits per heavy atom. The molecule has 3 nitrogen and oxygen atoms in total. The number of nitrogens with zero attached hydrogens (tertiary/aromatic N) is 2. The quantitative estimate of drug-likeness (QED) is 0.723.